The van der Waals surface area contributed by atoms with Gasteiger partial charge in [0.2, 0.25) is 0 Å². The van der Waals surface area contributed by atoms with Crippen molar-refractivity contribution in [2.45, 2.75) is 6.92 Å². The second-order valence-electron chi connectivity index (χ2n) is 7.88. The number of carbonyl (C=O) groups excluding carboxylic acids is 3. The third kappa shape index (κ3) is 6.54. The number of hydrogen-bond donors (Lipinski definition) is 1. The zero-order chi connectivity index (χ0) is 26.9. The molecule has 3 rings (SSSR count). The molecule has 0 saturated carbocycles. The van der Waals surface area contributed by atoms with Crippen molar-refractivity contribution in [3.8, 4) is 11.5 Å². The summed E-state index contributed by atoms with van der Waals surface area (Å²) in [6.07, 6.45) is 0.768. The van der Waals surface area contributed by atoms with Crippen LogP contribution in [-0.2, 0) is 9.53 Å². The maximum Gasteiger partial charge on any atom is 0.409 e. The van der Waals surface area contributed by atoms with Crippen molar-refractivity contribution in [2.75, 3.05) is 47.0 Å². The summed E-state index contributed by atoms with van der Waals surface area (Å²) in [6, 6.07) is 10.8. The molecule has 37 heavy (non-hydrogen) atoms. The quantitative estimate of drug-likeness (QED) is 0.323. The number of benzene rings is 2. The van der Waals surface area contributed by atoms with E-state index in [4.69, 9.17) is 14.2 Å². The van der Waals surface area contributed by atoms with E-state index < -0.39 is 22.8 Å². The number of nitro groups is 1. The summed E-state index contributed by atoms with van der Waals surface area (Å²) in [5, 5.41) is 14.4. The van der Waals surface area contributed by atoms with E-state index in [0.717, 1.165) is 0 Å². The van der Waals surface area contributed by atoms with E-state index in [9.17, 15) is 24.5 Å². The largest absolute Gasteiger partial charge is 0.493 e. The zero-order valence-electron chi connectivity index (χ0n) is 20.8. The van der Waals surface area contributed by atoms with Crippen LogP contribution in [0.15, 0.2) is 48.2 Å². The summed E-state index contributed by atoms with van der Waals surface area (Å²) in [7, 11) is 2.73. The molecule has 0 radical (unpaired) electrons. The van der Waals surface area contributed by atoms with Gasteiger partial charge >= 0.3 is 6.09 Å². The number of piperazine rings is 1. The van der Waals surface area contributed by atoms with E-state index in [2.05, 4.69) is 5.32 Å². The molecule has 2 aromatic carbocycles. The molecule has 196 valence electrons. The molecule has 1 aliphatic rings. The Kier molecular flexibility index (Phi) is 9.03. The normalized spacial score (nSPS) is 13.5. The van der Waals surface area contributed by atoms with Gasteiger partial charge in [-0.15, -0.1) is 0 Å². The topological polar surface area (TPSA) is 141 Å². The van der Waals surface area contributed by atoms with Gasteiger partial charge in [-0.1, -0.05) is 18.2 Å². The van der Waals surface area contributed by atoms with Gasteiger partial charge in [0.1, 0.15) is 5.70 Å². The molecular weight excluding hydrogens is 484 g/mol. The summed E-state index contributed by atoms with van der Waals surface area (Å²) in [4.78, 5) is 52.6. The second kappa shape index (κ2) is 12.4. The van der Waals surface area contributed by atoms with E-state index in [1.165, 1.54) is 42.2 Å². The molecule has 1 saturated heterocycles. The van der Waals surface area contributed by atoms with E-state index in [-0.39, 0.29) is 61.2 Å². The summed E-state index contributed by atoms with van der Waals surface area (Å²) < 4.78 is 15.4. The lowest BCUT2D eigenvalue weighted by atomic mass is 10.1. The van der Waals surface area contributed by atoms with Gasteiger partial charge in [-0.25, -0.2) is 4.79 Å². The molecule has 1 aliphatic heterocycles. The number of rotatable bonds is 8. The van der Waals surface area contributed by atoms with Crippen LogP contribution in [0.4, 0.5) is 10.5 Å². The van der Waals surface area contributed by atoms with Crippen LogP contribution in [-0.4, -0.2) is 79.6 Å². The zero-order valence-corrected chi connectivity index (χ0v) is 20.8. The number of methoxy groups -OCH3 is 2. The first-order chi connectivity index (χ1) is 17.8. The fourth-order valence-corrected chi connectivity index (χ4v) is 3.73. The standard InChI is InChI=1S/C25H28N4O8/c1-4-37-25(32)28-12-10-27(11-13-28)24(31)19(26-23(30)17-8-6-5-7-9-17)14-18-15-21(35-2)22(36-3)16-20(18)29(33)34/h5-9,14-16H,4,10-13H2,1-3H3,(H,26,30)/b19-14+. The first kappa shape index (κ1) is 27.0. The highest BCUT2D eigenvalue weighted by atomic mass is 16.6. The number of ether oxygens (including phenoxy) is 3. The van der Waals surface area contributed by atoms with E-state index in [0.29, 0.717) is 5.56 Å². The molecule has 0 bridgehead atoms. The summed E-state index contributed by atoms with van der Waals surface area (Å²) >= 11 is 0. The lowest BCUT2D eigenvalue weighted by Gasteiger charge is -2.34. The minimum absolute atomic E-state index is 0.0320. The lowest BCUT2D eigenvalue weighted by molar-refractivity contribution is -0.385. The average molecular weight is 513 g/mol. The number of nitrogens with one attached hydrogen (secondary N) is 1. The predicted molar refractivity (Wildman–Crippen MR) is 133 cm³/mol. The van der Waals surface area contributed by atoms with Crippen LogP contribution in [0.2, 0.25) is 0 Å². The molecule has 1 heterocycles. The monoisotopic (exact) mass is 512 g/mol. The van der Waals surface area contributed by atoms with Gasteiger partial charge in [-0.2, -0.15) is 0 Å². The summed E-state index contributed by atoms with van der Waals surface area (Å²) in [5.41, 5.74) is -0.183. The number of hydrogen-bond acceptors (Lipinski definition) is 8. The number of nitrogens with zero attached hydrogens (tertiary/aromatic N) is 3. The second-order valence-corrected chi connectivity index (χ2v) is 7.88. The van der Waals surface area contributed by atoms with Crippen LogP contribution in [0.5, 0.6) is 11.5 Å². The van der Waals surface area contributed by atoms with E-state index >= 15 is 0 Å². The molecule has 0 atom stereocenters. The van der Waals surface area contributed by atoms with Gasteiger partial charge in [0.15, 0.2) is 11.5 Å². The SMILES string of the molecule is CCOC(=O)N1CCN(C(=O)/C(=C\c2cc(OC)c(OC)cc2[N+](=O)[O-])NC(=O)c2ccccc2)CC1. The molecule has 12 nitrogen and oxygen atoms in total. The highest BCUT2D eigenvalue weighted by Crippen LogP contribution is 2.35. The fourth-order valence-electron chi connectivity index (χ4n) is 3.73. The first-order valence-corrected chi connectivity index (χ1v) is 11.5. The molecule has 1 fully saturated rings. The third-order valence-electron chi connectivity index (χ3n) is 5.64. The van der Waals surface area contributed by atoms with E-state index in [1.807, 2.05) is 0 Å². The van der Waals surface area contributed by atoms with Crippen molar-refractivity contribution in [2.24, 2.45) is 0 Å². The summed E-state index contributed by atoms with van der Waals surface area (Å²) in [6.45, 7) is 2.79. The van der Waals surface area contributed by atoms with Crippen molar-refractivity contribution < 1.29 is 33.5 Å². The van der Waals surface area contributed by atoms with Crippen molar-refractivity contribution in [3.63, 3.8) is 0 Å². The Morgan fingerprint density at radius 1 is 1.00 bits per heavy atom. The van der Waals surface area contributed by atoms with Crippen molar-refractivity contribution in [1.82, 2.24) is 15.1 Å². The van der Waals surface area contributed by atoms with E-state index in [1.54, 1.807) is 37.3 Å². The highest BCUT2D eigenvalue weighted by Gasteiger charge is 2.28. The molecule has 1 N–H and O–H groups in total. The van der Waals surface area contributed by atoms with Crippen LogP contribution in [0, 0.1) is 10.1 Å². The number of amides is 3. The third-order valence-corrected chi connectivity index (χ3v) is 5.64. The van der Waals surface area contributed by atoms with Crippen LogP contribution in [0.1, 0.15) is 22.8 Å². The minimum Gasteiger partial charge on any atom is -0.493 e. The van der Waals surface area contributed by atoms with Crippen LogP contribution in [0.25, 0.3) is 6.08 Å². The molecule has 0 unspecified atom stereocenters. The Labute approximate surface area is 213 Å². The van der Waals surface area contributed by atoms with Gasteiger partial charge in [0.05, 0.1) is 37.4 Å². The fraction of sp³-hybridized carbons (Fsp3) is 0.320. The molecule has 3 amide bonds. The van der Waals surface area contributed by atoms with Crippen LogP contribution in [0.3, 0.4) is 0 Å². The van der Waals surface area contributed by atoms with Crippen LogP contribution < -0.4 is 14.8 Å². The first-order valence-electron chi connectivity index (χ1n) is 11.5. The van der Waals surface area contributed by atoms with Crippen molar-refractivity contribution in [3.05, 3.63) is 69.4 Å². The smallest absolute Gasteiger partial charge is 0.409 e. The maximum atomic E-state index is 13.5. The molecular formula is C25H28N4O8. The number of nitro benzene ring substituents is 1. The molecule has 12 heteroatoms. The van der Waals surface area contributed by atoms with Gasteiger partial charge in [0.25, 0.3) is 17.5 Å². The maximum absolute atomic E-state index is 13.5. The Morgan fingerprint density at radius 3 is 2.16 bits per heavy atom. The predicted octanol–water partition coefficient (Wildman–Crippen LogP) is 2.68. The van der Waals surface area contributed by atoms with Gasteiger partial charge in [0, 0.05) is 31.7 Å². The number of carbonyl (C=O) groups is 3. The van der Waals surface area contributed by atoms with Gasteiger partial charge < -0.3 is 29.3 Å². The van der Waals surface area contributed by atoms with Gasteiger partial charge in [-0.3, -0.25) is 19.7 Å². The average Bonchev–Trinajstić information content (AvgIpc) is 2.92. The molecule has 0 aliphatic carbocycles. The Bertz CT molecular complexity index is 1190. The summed E-state index contributed by atoms with van der Waals surface area (Å²) in [5.74, 6) is -0.767. The van der Waals surface area contributed by atoms with Crippen molar-refractivity contribution in [1.29, 1.82) is 0 Å². The van der Waals surface area contributed by atoms with Gasteiger partial charge in [-0.05, 0) is 31.2 Å². The molecule has 2 aromatic rings. The Hall–Kier alpha value is -4.61. The highest BCUT2D eigenvalue weighted by molar-refractivity contribution is 6.05. The Morgan fingerprint density at radius 2 is 1.59 bits per heavy atom. The van der Waals surface area contributed by atoms with Crippen LogP contribution >= 0.6 is 0 Å². The lowest BCUT2D eigenvalue weighted by Crippen LogP contribution is -2.52. The molecule has 0 aromatic heterocycles. The molecule has 0 spiro atoms. The van der Waals surface area contributed by atoms with Crippen molar-refractivity contribution >= 4 is 29.7 Å². The minimum atomic E-state index is -0.618. The Balaban J connectivity index is 1.98.